The number of carbonyl (C=O) groups excluding carboxylic acids is 2. The molecule has 0 spiro atoms. The van der Waals surface area contributed by atoms with Gasteiger partial charge in [-0.15, -0.1) is 0 Å². The van der Waals surface area contributed by atoms with Crippen LogP contribution in [0, 0.1) is 0 Å². The summed E-state index contributed by atoms with van der Waals surface area (Å²) < 4.78 is 10.4. The lowest BCUT2D eigenvalue weighted by molar-refractivity contribution is -0.145. The Bertz CT molecular complexity index is 275. The van der Waals surface area contributed by atoms with Gasteiger partial charge in [-0.2, -0.15) is 0 Å². The first-order valence-electron chi connectivity index (χ1n) is 5.54. The fourth-order valence-corrected chi connectivity index (χ4v) is 1.77. The first-order chi connectivity index (χ1) is 7.61. The molecule has 1 fully saturated rings. The molecule has 16 heavy (non-hydrogen) atoms. The Morgan fingerprint density at radius 3 is 2.12 bits per heavy atom. The van der Waals surface area contributed by atoms with Crippen LogP contribution in [0.15, 0.2) is 12.2 Å². The van der Waals surface area contributed by atoms with Crippen LogP contribution in [0.25, 0.3) is 0 Å². The van der Waals surface area contributed by atoms with Gasteiger partial charge in [-0.25, -0.2) is 4.79 Å². The van der Waals surface area contributed by atoms with Gasteiger partial charge in [0.1, 0.15) is 6.10 Å². The number of methoxy groups -OCH3 is 1. The van der Waals surface area contributed by atoms with Crippen LogP contribution in [0.5, 0.6) is 0 Å². The van der Waals surface area contributed by atoms with Gasteiger partial charge in [-0.05, 0) is 38.7 Å². The zero-order valence-electron chi connectivity index (χ0n) is 9.77. The molecule has 0 N–H and O–H groups in total. The van der Waals surface area contributed by atoms with Gasteiger partial charge in [-0.3, -0.25) is 4.79 Å². The maximum absolute atomic E-state index is 11.3. The number of ether oxygens (including phenoxy) is 2. The van der Waals surface area contributed by atoms with Crippen molar-refractivity contribution in [2.24, 2.45) is 0 Å². The highest BCUT2D eigenvalue weighted by molar-refractivity contribution is 5.94. The topological polar surface area (TPSA) is 52.6 Å². The smallest absolute Gasteiger partial charge is 0.331 e. The predicted molar refractivity (Wildman–Crippen MR) is 59.0 cm³/mol. The van der Waals surface area contributed by atoms with Crippen molar-refractivity contribution in [2.75, 3.05) is 7.11 Å². The zero-order valence-corrected chi connectivity index (χ0v) is 9.77. The van der Waals surface area contributed by atoms with E-state index in [1.54, 1.807) is 7.11 Å². The first kappa shape index (κ1) is 12.9. The van der Waals surface area contributed by atoms with Gasteiger partial charge in [0, 0.05) is 13.2 Å². The van der Waals surface area contributed by atoms with Gasteiger partial charge in [0.05, 0.1) is 6.10 Å². The lowest BCUT2D eigenvalue weighted by atomic mass is 9.95. The summed E-state index contributed by atoms with van der Waals surface area (Å²) in [5, 5.41) is 0. The van der Waals surface area contributed by atoms with Gasteiger partial charge in [0.15, 0.2) is 5.78 Å². The third kappa shape index (κ3) is 4.57. The highest BCUT2D eigenvalue weighted by Gasteiger charge is 2.22. The second kappa shape index (κ2) is 6.43. The lowest BCUT2D eigenvalue weighted by Gasteiger charge is -2.26. The molecule has 1 rings (SSSR count). The summed E-state index contributed by atoms with van der Waals surface area (Å²) in [6, 6.07) is 0. The van der Waals surface area contributed by atoms with Crippen LogP contribution in [0.1, 0.15) is 32.6 Å². The molecule has 0 unspecified atom stereocenters. The second-order valence-electron chi connectivity index (χ2n) is 4.02. The molecule has 0 bridgehead atoms. The number of hydrogen-bond donors (Lipinski definition) is 0. The number of carbonyl (C=O) groups is 2. The van der Waals surface area contributed by atoms with E-state index < -0.39 is 5.97 Å². The standard InChI is InChI=1S/C12H18O4/c1-9(13)3-8-12(14)16-11-6-4-10(15-2)5-7-11/h3,8,10-11H,4-7H2,1-2H3/b8-3-. The molecule has 0 amide bonds. The predicted octanol–water partition coefficient (Wildman–Crippen LogP) is 1.63. The zero-order chi connectivity index (χ0) is 12.0. The van der Waals surface area contributed by atoms with E-state index in [1.165, 1.54) is 19.1 Å². The number of ketones is 1. The van der Waals surface area contributed by atoms with Crippen molar-refractivity contribution < 1.29 is 19.1 Å². The molecule has 0 saturated heterocycles. The van der Waals surface area contributed by atoms with Crippen molar-refractivity contribution in [1.82, 2.24) is 0 Å². The average molecular weight is 226 g/mol. The van der Waals surface area contributed by atoms with Gasteiger partial charge in [0.2, 0.25) is 0 Å². The summed E-state index contributed by atoms with van der Waals surface area (Å²) in [6.45, 7) is 1.40. The van der Waals surface area contributed by atoms with Crippen LogP contribution in [0.2, 0.25) is 0 Å². The van der Waals surface area contributed by atoms with Crippen LogP contribution in [0.3, 0.4) is 0 Å². The minimum atomic E-state index is -0.434. The summed E-state index contributed by atoms with van der Waals surface area (Å²) >= 11 is 0. The Labute approximate surface area is 95.6 Å². The van der Waals surface area contributed by atoms with Crippen LogP contribution in [-0.4, -0.2) is 31.1 Å². The molecule has 0 heterocycles. The molecule has 0 aromatic rings. The fourth-order valence-electron chi connectivity index (χ4n) is 1.77. The van der Waals surface area contributed by atoms with Gasteiger partial charge in [-0.1, -0.05) is 0 Å². The number of esters is 1. The molecule has 0 aliphatic heterocycles. The Morgan fingerprint density at radius 1 is 1.06 bits per heavy atom. The van der Waals surface area contributed by atoms with Crippen LogP contribution >= 0.6 is 0 Å². The summed E-state index contributed by atoms with van der Waals surface area (Å²) in [6.07, 6.45) is 6.18. The molecule has 1 aliphatic carbocycles. The monoisotopic (exact) mass is 226 g/mol. The van der Waals surface area contributed by atoms with Gasteiger partial charge < -0.3 is 9.47 Å². The summed E-state index contributed by atoms with van der Waals surface area (Å²) in [5.74, 6) is -0.587. The van der Waals surface area contributed by atoms with Crippen molar-refractivity contribution >= 4 is 11.8 Å². The Morgan fingerprint density at radius 2 is 1.62 bits per heavy atom. The number of rotatable bonds is 4. The van der Waals surface area contributed by atoms with Crippen molar-refractivity contribution in [2.45, 2.75) is 44.8 Å². The highest BCUT2D eigenvalue weighted by Crippen LogP contribution is 2.22. The van der Waals surface area contributed by atoms with Crippen molar-refractivity contribution in [1.29, 1.82) is 0 Å². The molecule has 1 saturated carbocycles. The second-order valence-corrected chi connectivity index (χ2v) is 4.02. The van der Waals surface area contributed by atoms with E-state index in [0.717, 1.165) is 25.7 Å². The van der Waals surface area contributed by atoms with E-state index in [9.17, 15) is 9.59 Å². The van der Waals surface area contributed by atoms with E-state index in [4.69, 9.17) is 9.47 Å². The van der Waals surface area contributed by atoms with Gasteiger partial charge in [0.25, 0.3) is 0 Å². The van der Waals surface area contributed by atoms with E-state index in [0.29, 0.717) is 6.10 Å². The molecular formula is C12H18O4. The molecule has 0 radical (unpaired) electrons. The largest absolute Gasteiger partial charge is 0.459 e. The van der Waals surface area contributed by atoms with Crippen LogP contribution in [0.4, 0.5) is 0 Å². The van der Waals surface area contributed by atoms with E-state index in [2.05, 4.69) is 0 Å². The highest BCUT2D eigenvalue weighted by atomic mass is 16.5. The molecular weight excluding hydrogens is 208 g/mol. The molecule has 1 aliphatic rings. The fraction of sp³-hybridized carbons (Fsp3) is 0.667. The van der Waals surface area contributed by atoms with Crippen molar-refractivity contribution in [3.05, 3.63) is 12.2 Å². The minimum absolute atomic E-state index is 0.0319. The Balaban J connectivity index is 2.28. The van der Waals surface area contributed by atoms with E-state index >= 15 is 0 Å². The Hall–Kier alpha value is -1.16. The first-order valence-corrected chi connectivity index (χ1v) is 5.54. The summed E-state index contributed by atoms with van der Waals surface area (Å²) in [4.78, 5) is 21.9. The molecule has 4 nitrogen and oxygen atoms in total. The molecule has 0 aromatic carbocycles. The van der Waals surface area contributed by atoms with E-state index in [-0.39, 0.29) is 11.9 Å². The molecule has 0 aromatic heterocycles. The van der Waals surface area contributed by atoms with Crippen molar-refractivity contribution in [3.63, 3.8) is 0 Å². The maximum atomic E-state index is 11.3. The van der Waals surface area contributed by atoms with Crippen LogP contribution < -0.4 is 0 Å². The number of hydrogen-bond acceptors (Lipinski definition) is 4. The SMILES string of the molecule is COC1CCC(OC(=O)/C=C\C(C)=O)CC1. The van der Waals surface area contributed by atoms with Gasteiger partial charge >= 0.3 is 5.97 Å². The third-order valence-electron chi connectivity index (χ3n) is 2.69. The Kier molecular flexibility index (Phi) is 5.19. The average Bonchev–Trinajstić information content (AvgIpc) is 2.27. The quantitative estimate of drug-likeness (QED) is 0.540. The van der Waals surface area contributed by atoms with Crippen molar-refractivity contribution in [3.8, 4) is 0 Å². The maximum Gasteiger partial charge on any atom is 0.331 e. The van der Waals surface area contributed by atoms with E-state index in [1.807, 2.05) is 0 Å². The summed E-state index contributed by atoms with van der Waals surface area (Å²) in [5.41, 5.74) is 0. The van der Waals surface area contributed by atoms with Crippen LogP contribution in [-0.2, 0) is 19.1 Å². The molecule has 0 atom stereocenters. The lowest BCUT2D eigenvalue weighted by Crippen LogP contribution is -2.27. The molecule has 90 valence electrons. The minimum Gasteiger partial charge on any atom is -0.459 e. The number of allylic oxidation sites excluding steroid dienone is 1. The normalized spacial score (nSPS) is 25.6. The molecule has 4 heteroatoms. The summed E-state index contributed by atoms with van der Waals surface area (Å²) in [7, 11) is 1.70. The third-order valence-corrected chi connectivity index (χ3v) is 2.69.